The number of fused-ring (bicyclic) bond motifs is 1. The van der Waals surface area contributed by atoms with Crippen molar-refractivity contribution in [1.82, 2.24) is 4.98 Å². The van der Waals surface area contributed by atoms with Crippen LogP contribution in [0, 0.1) is 11.3 Å². The van der Waals surface area contributed by atoms with Crippen LogP contribution in [0.4, 0.5) is 17.3 Å². The standard InChI is InChI=1S/C16H16ClN5/c17-10-5-7-11(8-6-10)20-15-14(9-18)12-3-1-2-4-13(12)16(21-15)22-19/h5-8H,1-4,19H2,(H2,20,21,22). The fraction of sp³-hybridized carbons (Fsp3) is 0.250. The minimum atomic E-state index is 0.526. The van der Waals surface area contributed by atoms with Gasteiger partial charge >= 0.3 is 0 Å². The van der Waals surface area contributed by atoms with E-state index < -0.39 is 0 Å². The average Bonchev–Trinajstić information content (AvgIpc) is 2.56. The molecule has 0 bridgehead atoms. The lowest BCUT2D eigenvalue weighted by atomic mass is 9.89. The molecular formula is C16H16ClN5. The van der Waals surface area contributed by atoms with Crippen LogP contribution in [0.1, 0.15) is 29.5 Å². The third-order valence-corrected chi connectivity index (χ3v) is 4.12. The Labute approximate surface area is 134 Å². The number of halogens is 1. The normalized spacial score (nSPS) is 13.1. The lowest BCUT2D eigenvalue weighted by Gasteiger charge is -2.22. The highest BCUT2D eigenvalue weighted by molar-refractivity contribution is 6.30. The Bertz CT molecular complexity index is 734. The maximum Gasteiger partial charge on any atom is 0.151 e. The Balaban J connectivity index is 2.06. The van der Waals surface area contributed by atoms with Gasteiger partial charge in [-0.15, -0.1) is 0 Å². The summed E-state index contributed by atoms with van der Waals surface area (Å²) in [4.78, 5) is 4.49. The van der Waals surface area contributed by atoms with Crippen molar-refractivity contribution in [2.45, 2.75) is 25.7 Å². The Morgan fingerprint density at radius 1 is 1.09 bits per heavy atom. The van der Waals surface area contributed by atoms with Gasteiger partial charge in [-0.1, -0.05) is 11.6 Å². The van der Waals surface area contributed by atoms with Gasteiger partial charge in [0.15, 0.2) is 5.82 Å². The molecule has 5 nitrogen and oxygen atoms in total. The SMILES string of the molecule is N#Cc1c(Nc2ccc(Cl)cc2)nc(NN)c2c1CCCC2. The van der Waals surface area contributed by atoms with Crippen LogP contribution in [0.25, 0.3) is 0 Å². The van der Waals surface area contributed by atoms with E-state index in [4.69, 9.17) is 17.4 Å². The van der Waals surface area contributed by atoms with E-state index in [2.05, 4.69) is 21.8 Å². The number of benzene rings is 1. The molecule has 0 unspecified atom stereocenters. The second kappa shape index (κ2) is 6.22. The largest absolute Gasteiger partial charge is 0.339 e. The van der Waals surface area contributed by atoms with E-state index in [0.717, 1.165) is 42.5 Å². The van der Waals surface area contributed by atoms with Crippen molar-refractivity contribution >= 4 is 28.9 Å². The number of nitrogens with one attached hydrogen (secondary N) is 2. The summed E-state index contributed by atoms with van der Waals surface area (Å²) < 4.78 is 0. The number of aromatic nitrogens is 1. The van der Waals surface area contributed by atoms with Crippen molar-refractivity contribution in [2.75, 3.05) is 10.7 Å². The number of hydrogen-bond acceptors (Lipinski definition) is 5. The first-order valence-corrected chi connectivity index (χ1v) is 7.55. The van der Waals surface area contributed by atoms with Crippen molar-refractivity contribution in [2.24, 2.45) is 5.84 Å². The Morgan fingerprint density at radius 2 is 1.77 bits per heavy atom. The summed E-state index contributed by atoms with van der Waals surface area (Å²) in [6.07, 6.45) is 3.96. The zero-order chi connectivity index (χ0) is 15.5. The molecule has 2 aromatic rings. The number of nitrogens with two attached hydrogens (primary N) is 1. The molecule has 1 aromatic heterocycles. The molecule has 0 saturated heterocycles. The number of nitrogens with zero attached hydrogens (tertiary/aromatic N) is 2. The number of nitrogen functional groups attached to an aromatic ring is 1. The molecule has 0 aliphatic heterocycles. The average molecular weight is 314 g/mol. The van der Waals surface area contributed by atoms with Gasteiger partial charge in [0, 0.05) is 16.3 Å². The Morgan fingerprint density at radius 3 is 2.41 bits per heavy atom. The van der Waals surface area contributed by atoms with Gasteiger partial charge in [-0.3, -0.25) is 0 Å². The second-order valence-electron chi connectivity index (χ2n) is 5.24. The number of hydrogen-bond donors (Lipinski definition) is 3. The van der Waals surface area contributed by atoms with Gasteiger partial charge in [0.25, 0.3) is 0 Å². The molecular weight excluding hydrogens is 298 g/mol. The molecule has 1 aliphatic carbocycles. The summed E-state index contributed by atoms with van der Waals surface area (Å²) >= 11 is 5.89. The summed E-state index contributed by atoms with van der Waals surface area (Å²) in [6.45, 7) is 0. The number of pyridine rings is 1. The van der Waals surface area contributed by atoms with Crippen LogP contribution in [-0.4, -0.2) is 4.98 Å². The highest BCUT2D eigenvalue weighted by atomic mass is 35.5. The lowest BCUT2D eigenvalue weighted by Crippen LogP contribution is -2.17. The third kappa shape index (κ3) is 2.71. The Kier molecular flexibility index (Phi) is 4.14. The summed E-state index contributed by atoms with van der Waals surface area (Å²) in [5, 5.41) is 13.4. The molecule has 1 heterocycles. The number of nitriles is 1. The molecule has 0 amide bonds. The molecule has 6 heteroatoms. The summed E-state index contributed by atoms with van der Waals surface area (Å²) in [6, 6.07) is 9.56. The fourth-order valence-electron chi connectivity index (χ4n) is 2.82. The summed E-state index contributed by atoms with van der Waals surface area (Å²) in [7, 11) is 0. The molecule has 4 N–H and O–H groups in total. The highest BCUT2D eigenvalue weighted by Crippen LogP contribution is 2.33. The van der Waals surface area contributed by atoms with Crippen molar-refractivity contribution in [3.8, 4) is 6.07 Å². The lowest BCUT2D eigenvalue weighted by molar-refractivity contribution is 0.682. The molecule has 0 spiro atoms. The van der Waals surface area contributed by atoms with Crippen LogP contribution in [0.3, 0.4) is 0 Å². The van der Waals surface area contributed by atoms with Crippen molar-refractivity contribution < 1.29 is 0 Å². The molecule has 22 heavy (non-hydrogen) atoms. The van der Waals surface area contributed by atoms with Crippen LogP contribution in [0.5, 0.6) is 0 Å². The molecule has 0 fully saturated rings. The van der Waals surface area contributed by atoms with Crippen LogP contribution >= 0.6 is 11.6 Å². The zero-order valence-electron chi connectivity index (χ0n) is 12.0. The molecule has 3 rings (SSSR count). The molecule has 1 aliphatic rings. The number of anilines is 3. The van der Waals surface area contributed by atoms with Crippen LogP contribution < -0.4 is 16.6 Å². The quantitative estimate of drug-likeness (QED) is 0.596. The maximum absolute atomic E-state index is 9.56. The molecule has 0 radical (unpaired) electrons. The van der Waals surface area contributed by atoms with E-state index in [9.17, 15) is 5.26 Å². The van der Waals surface area contributed by atoms with Crippen LogP contribution in [0.15, 0.2) is 24.3 Å². The van der Waals surface area contributed by atoms with E-state index in [1.54, 1.807) is 12.1 Å². The van der Waals surface area contributed by atoms with E-state index in [0.29, 0.717) is 22.2 Å². The van der Waals surface area contributed by atoms with Crippen LogP contribution in [-0.2, 0) is 12.8 Å². The topological polar surface area (TPSA) is 86.8 Å². The molecule has 1 aromatic carbocycles. The van der Waals surface area contributed by atoms with Gasteiger partial charge in [0.2, 0.25) is 0 Å². The fourth-order valence-corrected chi connectivity index (χ4v) is 2.95. The van der Waals surface area contributed by atoms with Crippen LogP contribution in [0.2, 0.25) is 5.02 Å². The molecule has 0 atom stereocenters. The van der Waals surface area contributed by atoms with E-state index in [1.807, 2.05) is 12.1 Å². The predicted molar refractivity (Wildman–Crippen MR) is 88.1 cm³/mol. The smallest absolute Gasteiger partial charge is 0.151 e. The first-order valence-electron chi connectivity index (χ1n) is 7.18. The van der Waals surface area contributed by atoms with Gasteiger partial charge in [-0.2, -0.15) is 5.26 Å². The van der Waals surface area contributed by atoms with Crippen molar-refractivity contribution in [3.63, 3.8) is 0 Å². The third-order valence-electron chi connectivity index (χ3n) is 3.87. The monoisotopic (exact) mass is 313 g/mol. The van der Waals surface area contributed by atoms with Gasteiger partial charge in [0.1, 0.15) is 11.9 Å². The predicted octanol–water partition coefficient (Wildman–Crippen LogP) is 3.51. The molecule has 0 saturated carbocycles. The maximum atomic E-state index is 9.56. The van der Waals surface area contributed by atoms with Gasteiger partial charge in [0.05, 0.1) is 5.56 Å². The minimum Gasteiger partial charge on any atom is -0.339 e. The van der Waals surface area contributed by atoms with Gasteiger partial charge < -0.3 is 10.7 Å². The summed E-state index contributed by atoms with van der Waals surface area (Å²) in [5.74, 6) is 6.78. The first kappa shape index (κ1) is 14.6. The van der Waals surface area contributed by atoms with E-state index >= 15 is 0 Å². The molecule has 112 valence electrons. The summed E-state index contributed by atoms with van der Waals surface area (Å²) in [5.41, 5.74) is 6.20. The van der Waals surface area contributed by atoms with Crippen molar-refractivity contribution in [3.05, 3.63) is 46.0 Å². The Hall–Kier alpha value is -2.29. The van der Waals surface area contributed by atoms with Crippen molar-refractivity contribution in [1.29, 1.82) is 5.26 Å². The first-order chi connectivity index (χ1) is 10.7. The minimum absolute atomic E-state index is 0.526. The van der Waals surface area contributed by atoms with Gasteiger partial charge in [-0.05, 0) is 55.5 Å². The highest BCUT2D eigenvalue weighted by Gasteiger charge is 2.21. The van der Waals surface area contributed by atoms with E-state index in [1.165, 1.54) is 0 Å². The number of rotatable bonds is 3. The zero-order valence-corrected chi connectivity index (χ0v) is 12.7. The number of hydrazine groups is 1. The van der Waals surface area contributed by atoms with E-state index in [-0.39, 0.29) is 0 Å². The van der Waals surface area contributed by atoms with Gasteiger partial charge in [-0.25, -0.2) is 10.8 Å². The second-order valence-corrected chi connectivity index (χ2v) is 5.67.